The lowest BCUT2D eigenvalue weighted by Crippen LogP contribution is -1.86. The van der Waals surface area contributed by atoms with Gasteiger partial charge in [0.15, 0.2) is 0 Å². The Balaban J connectivity index is 3.38. The van der Waals surface area contributed by atoms with Gasteiger partial charge in [0.2, 0.25) is 0 Å². The van der Waals surface area contributed by atoms with E-state index in [1.807, 2.05) is 19.9 Å². The Bertz CT molecular complexity index is 362. The molecule has 13 heavy (non-hydrogen) atoms. The van der Waals surface area contributed by atoms with Crippen molar-refractivity contribution < 1.29 is 5.11 Å². The molecule has 0 spiro atoms. The quantitative estimate of drug-likeness (QED) is 0.728. The van der Waals surface area contributed by atoms with Gasteiger partial charge in [-0.1, -0.05) is 24.8 Å². The van der Waals surface area contributed by atoms with Gasteiger partial charge >= 0.3 is 0 Å². The van der Waals surface area contributed by atoms with E-state index < -0.39 is 0 Å². The van der Waals surface area contributed by atoms with Crippen LogP contribution in [0.15, 0.2) is 25.3 Å². The molecule has 1 rings (SSSR count). The van der Waals surface area contributed by atoms with Crippen LogP contribution in [0.25, 0.3) is 11.6 Å². The summed E-state index contributed by atoms with van der Waals surface area (Å²) < 4.78 is 0. The molecule has 1 N–H and O–H groups in total. The molecule has 0 unspecified atom stereocenters. The zero-order valence-electron chi connectivity index (χ0n) is 8.09. The minimum atomic E-state index is 0.301. The van der Waals surface area contributed by atoms with Crippen LogP contribution in [-0.2, 0) is 0 Å². The van der Waals surface area contributed by atoms with Crippen LogP contribution in [0, 0.1) is 6.92 Å². The SMILES string of the molecule is C=Cc1cc(C(=C)C)cc(O)c1C. The number of phenols is 1. The Morgan fingerprint density at radius 1 is 1.46 bits per heavy atom. The van der Waals surface area contributed by atoms with Gasteiger partial charge in [-0.05, 0) is 42.7 Å². The van der Waals surface area contributed by atoms with Crippen molar-refractivity contribution in [3.8, 4) is 5.75 Å². The molecule has 0 heterocycles. The van der Waals surface area contributed by atoms with E-state index in [1.165, 1.54) is 0 Å². The molecule has 0 aliphatic heterocycles. The summed E-state index contributed by atoms with van der Waals surface area (Å²) in [4.78, 5) is 0. The minimum Gasteiger partial charge on any atom is -0.508 e. The van der Waals surface area contributed by atoms with E-state index in [0.29, 0.717) is 5.75 Å². The van der Waals surface area contributed by atoms with Crippen molar-refractivity contribution in [1.82, 2.24) is 0 Å². The third-order valence-electron chi connectivity index (χ3n) is 2.13. The van der Waals surface area contributed by atoms with E-state index >= 15 is 0 Å². The second-order valence-corrected chi connectivity index (χ2v) is 3.19. The van der Waals surface area contributed by atoms with Gasteiger partial charge in [0.05, 0.1) is 0 Å². The van der Waals surface area contributed by atoms with Gasteiger partial charge in [-0.15, -0.1) is 0 Å². The van der Waals surface area contributed by atoms with Crippen LogP contribution in [0.3, 0.4) is 0 Å². The van der Waals surface area contributed by atoms with Crippen LogP contribution in [0.4, 0.5) is 0 Å². The first kappa shape index (κ1) is 9.59. The van der Waals surface area contributed by atoms with E-state index in [2.05, 4.69) is 13.2 Å². The lowest BCUT2D eigenvalue weighted by molar-refractivity contribution is 0.471. The first-order chi connectivity index (χ1) is 6.06. The average Bonchev–Trinajstić information content (AvgIpc) is 2.09. The monoisotopic (exact) mass is 174 g/mol. The fourth-order valence-electron chi connectivity index (χ4n) is 1.18. The van der Waals surface area contributed by atoms with Crippen LogP contribution < -0.4 is 0 Å². The number of benzene rings is 1. The van der Waals surface area contributed by atoms with E-state index in [1.54, 1.807) is 12.1 Å². The van der Waals surface area contributed by atoms with Crippen LogP contribution in [-0.4, -0.2) is 5.11 Å². The molecule has 0 saturated carbocycles. The lowest BCUT2D eigenvalue weighted by atomic mass is 10.0. The smallest absolute Gasteiger partial charge is 0.119 e. The lowest BCUT2D eigenvalue weighted by Gasteiger charge is -2.07. The van der Waals surface area contributed by atoms with E-state index in [0.717, 1.165) is 22.3 Å². The normalized spacial score (nSPS) is 9.69. The molecule has 0 aliphatic rings. The Morgan fingerprint density at radius 3 is 2.54 bits per heavy atom. The number of phenolic OH excluding ortho intramolecular Hbond substituents is 1. The van der Waals surface area contributed by atoms with Crippen LogP contribution in [0.1, 0.15) is 23.6 Å². The standard InChI is InChI=1S/C12H14O/c1-5-10-6-11(8(2)3)7-12(13)9(10)4/h5-7,13H,1-2H2,3-4H3. The van der Waals surface area contributed by atoms with E-state index in [4.69, 9.17) is 0 Å². The molecular weight excluding hydrogens is 160 g/mol. The number of rotatable bonds is 2. The Hall–Kier alpha value is -1.50. The van der Waals surface area contributed by atoms with Crippen molar-refractivity contribution in [3.05, 3.63) is 42.0 Å². The van der Waals surface area contributed by atoms with Crippen LogP contribution >= 0.6 is 0 Å². The molecule has 0 aromatic heterocycles. The third kappa shape index (κ3) is 1.81. The summed E-state index contributed by atoms with van der Waals surface area (Å²) in [7, 11) is 0. The Kier molecular flexibility index (Phi) is 2.57. The highest BCUT2D eigenvalue weighted by Gasteiger charge is 2.03. The molecule has 0 saturated heterocycles. The molecule has 1 aromatic carbocycles. The van der Waals surface area contributed by atoms with Crippen molar-refractivity contribution in [1.29, 1.82) is 0 Å². The first-order valence-electron chi connectivity index (χ1n) is 4.18. The van der Waals surface area contributed by atoms with Gasteiger partial charge in [-0.25, -0.2) is 0 Å². The van der Waals surface area contributed by atoms with Crippen molar-refractivity contribution in [2.24, 2.45) is 0 Å². The highest BCUT2D eigenvalue weighted by molar-refractivity contribution is 5.68. The van der Waals surface area contributed by atoms with Gasteiger partial charge in [-0.2, -0.15) is 0 Å². The molecule has 1 aromatic rings. The van der Waals surface area contributed by atoms with Crippen LogP contribution in [0.5, 0.6) is 5.75 Å². The van der Waals surface area contributed by atoms with E-state index in [9.17, 15) is 5.11 Å². The van der Waals surface area contributed by atoms with E-state index in [-0.39, 0.29) is 0 Å². The summed E-state index contributed by atoms with van der Waals surface area (Å²) in [6.07, 6.45) is 1.74. The average molecular weight is 174 g/mol. The fraction of sp³-hybridized carbons (Fsp3) is 0.167. The summed E-state index contributed by atoms with van der Waals surface area (Å²) in [6, 6.07) is 3.70. The summed E-state index contributed by atoms with van der Waals surface area (Å²) in [5, 5.41) is 9.57. The number of hydrogen-bond donors (Lipinski definition) is 1. The molecule has 0 fully saturated rings. The zero-order chi connectivity index (χ0) is 10.0. The van der Waals surface area contributed by atoms with Crippen LogP contribution in [0.2, 0.25) is 0 Å². The predicted octanol–water partition coefficient (Wildman–Crippen LogP) is 3.38. The summed E-state index contributed by atoms with van der Waals surface area (Å²) in [5.74, 6) is 0.301. The second kappa shape index (κ2) is 3.48. The Labute approximate surface area is 79.0 Å². The Morgan fingerprint density at radius 2 is 2.08 bits per heavy atom. The minimum absolute atomic E-state index is 0.301. The molecule has 0 atom stereocenters. The maximum atomic E-state index is 9.57. The molecule has 0 radical (unpaired) electrons. The molecule has 1 heteroatoms. The first-order valence-corrected chi connectivity index (χ1v) is 4.18. The molecule has 0 aliphatic carbocycles. The summed E-state index contributed by atoms with van der Waals surface area (Å²) in [5.41, 5.74) is 3.72. The molecule has 1 nitrogen and oxygen atoms in total. The molecule has 0 amide bonds. The number of hydrogen-bond acceptors (Lipinski definition) is 1. The molecule has 0 bridgehead atoms. The van der Waals surface area contributed by atoms with Gasteiger partial charge in [-0.3, -0.25) is 0 Å². The molecular formula is C12H14O. The summed E-state index contributed by atoms with van der Waals surface area (Å²) in [6.45, 7) is 11.3. The second-order valence-electron chi connectivity index (χ2n) is 3.19. The van der Waals surface area contributed by atoms with Gasteiger partial charge in [0.25, 0.3) is 0 Å². The highest BCUT2D eigenvalue weighted by Crippen LogP contribution is 2.26. The van der Waals surface area contributed by atoms with Crippen molar-refractivity contribution in [2.75, 3.05) is 0 Å². The fourth-order valence-corrected chi connectivity index (χ4v) is 1.18. The molecule has 68 valence electrons. The topological polar surface area (TPSA) is 20.2 Å². The highest BCUT2D eigenvalue weighted by atomic mass is 16.3. The number of allylic oxidation sites excluding steroid dienone is 1. The van der Waals surface area contributed by atoms with Gasteiger partial charge in [0, 0.05) is 0 Å². The predicted molar refractivity (Wildman–Crippen MR) is 57.6 cm³/mol. The van der Waals surface area contributed by atoms with Gasteiger partial charge < -0.3 is 5.11 Å². The maximum Gasteiger partial charge on any atom is 0.119 e. The summed E-state index contributed by atoms with van der Waals surface area (Å²) >= 11 is 0. The van der Waals surface area contributed by atoms with Crippen molar-refractivity contribution >= 4 is 11.6 Å². The van der Waals surface area contributed by atoms with Gasteiger partial charge in [0.1, 0.15) is 5.75 Å². The third-order valence-corrected chi connectivity index (χ3v) is 2.13. The van der Waals surface area contributed by atoms with Crippen molar-refractivity contribution in [3.63, 3.8) is 0 Å². The van der Waals surface area contributed by atoms with Crippen molar-refractivity contribution in [2.45, 2.75) is 13.8 Å². The zero-order valence-corrected chi connectivity index (χ0v) is 8.09. The number of aromatic hydroxyl groups is 1. The maximum absolute atomic E-state index is 9.57. The largest absolute Gasteiger partial charge is 0.508 e.